The molecule has 2 aromatic heterocycles. The Kier molecular flexibility index (Phi) is 6.28. The number of carbonyl (C=O) groups is 1. The predicted octanol–water partition coefficient (Wildman–Crippen LogP) is 5.79. The molecule has 5 rings (SSSR count). The molecule has 1 unspecified atom stereocenters. The molecule has 5 heteroatoms. The van der Waals surface area contributed by atoms with Crippen LogP contribution < -0.4 is 0 Å². The molecule has 33 heavy (non-hydrogen) atoms. The average Bonchev–Trinajstić information content (AvgIpc) is 3.00. The van der Waals surface area contributed by atoms with Gasteiger partial charge in [0.05, 0.1) is 12.1 Å². The Morgan fingerprint density at radius 2 is 1.82 bits per heavy atom. The number of aromatic nitrogens is 2. The Labute approximate surface area is 200 Å². The lowest BCUT2D eigenvalue weighted by atomic mass is 9.76. The number of aryl methyl sites for hydroxylation is 1. The molecule has 0 bridgehead atoms. The predicted molar refractivity (Wildman–Crippen MR) is 133 cm³/mol. The smallest absolute Gasteiger partial charge is 0.226 e. The van der Waals surface area contributed by atoms with Crippen LogP contribution in [0.25, 0.3) is 12.2 Å². The lowest BCUT2D eigenvalue weighted by molar-refractivity contribution is -0.131. The zero-order valence-electron chi connectivity index (χ0n) is 18.9. The second kappa shape index (κ2) is 9.48. The van der Waals surface area contributed by atoms with Gasteiger partial charge in [-0.15, -0.1) is 0 Å². The molecule has 4 nitrogen and oxygen atoms in total. The number of hydrogen-bond acceptors (Lipinski definition) is 3. The zero-order chi connectivity index (χ0) is 22.8. The number of piperidine rings is 1. The lowest BCUT2D eigenvalue weighted by Gasteiger charge is -2.37. The summed E-state index contributed by atoms with van der Waals surface area (Å²) >= 11 is 6.58. The van der Waals surface area contributed by atoms with Gasteiger partial charge in [-0.2, -0.15) is 0 Å². The second-order valence-electron chi connectivity index (χ2n) is 8.97. The van der Waals surface area contributed by atoms with Crippen LogP contribution in [-0.2, 0) is 17.6 Å². The summed E-state index contributed by atoms with van der Waals surface area (Å²) in [7, 11) is 0. The van der Waals surface area contributed by atoms with Crippen molar-refractivity contribution in [3.8, 4) is 0 Å². The molecular formula is C28H28ClN3O. The lowest BCUT2D eigenvalue weighted by Crippen LogP contribution is -2.40. The van der Waals surface area contributed by atoms with E-state index in [1.165, 1.54) is 22.3 Å². The molecule has 3 aromatic rings. The van der Waals surface area contributed by atoms with E-state index in [-0.39, 0.29) is 11.8 Å². The van der Waals surface area contributed by atoms with Crippen LogP contribution in [-0.4, -0.2) is 33.9 Å². The Morgan fingerprint density at radius 3 is 2.58 bits per heavy atom. The number of carbonyl (C=O) groups excluding carboxylic acids is 1. The minimum absolute atomic E-state index is 0.196. The van der Waals surface area contributed by atoms with Crippen molar-refractivity contribution in [2.24, 2.45) is 5.92 Å². The standard InChI is InChI=1S/C28H28ClN3O/c1-2-20-17-24-23(18-25(20)29)6-5-22-4-3-11-31-28(22)27(24)21-9-14-32(15-10-21)26(33)16-19-7-12-30-13-8-19/h3-8,11-13,17-18,21,27H,2,9-10,14-16H2,1H3. The van der Waals surface area contributed by atoms with E-state index in [9.17, 15) is 4.79 Å². The maximum Gasteiger partial charge on any atom is 0.226 e. The topological polar surface area (TPSA) is 46.1 Å². The van der Waals surface area contributed by atoms with Crippen molar-refractivity contribution in [1.82, 2.24) is 14.9 Å². The molecule has 1 amide bonds. The Bertz CT molecular complexity index is 1180. The van der Waals surface area contributed by atoms with Crippen molar-refractivity contribution in [3.05, 3.63) is 93.5 Å². The fraction of sp³-hybridized carbons (Fsp3) is 0.321. The van der Waals surface area contributed by atoms with Crippen LogP contribution in [0.1, 0.15) is 59.2 Å². The van der Waals surface area contributed by atoms with Crippen LogP contribution in [0, 0.1) is 5.92 Å². The molecule has 0 spiro atoms. The van der Waals surface area contributed by atoms with Gasteiger partial charge in [0.1, 0.15) is 0 Å². The minimum Gasteiger partial charge on any atom is -0.342 e. The van der Waals surface area contributed by atoms with Crippen LogP contribution in [0.15, 0.2) is 55.0 Å². The van der Waals surface area contributed by atoms with Gasteiger partial charge in [-0.3, -0.25) is 14.8 Å². The third-order valence-electron chi connectivity index (χ3n) is 7.04. The summed E-state index contributed by atoms with van der Waals surface area (Å²) in [6.45, 7) is 3.71. The van der Waals surface area contributed by atoms with Gasteiger partial charge in [0, 0.05) is 42.6 Å². The fourth-order valence-electron chi connectivity index (χ4n) is 5.24. The molecule has 1 fully saturated rings. The fourth-order valence-corrected chi connectivity index (χ4v) is 5.55. The maximum absolute atomic E-state index is 12.9. The van der Waals surface area contributed by atoms with Gasteiger partial charge in [0.15, 0.2) is 0 Å². The highest BCUT2D eigenvalue weighted by Gasteiger charge is 2.34. The molecule has 1 aromatic carbocycles. The molecule has 1 saturated heterocycles. The van der Waals surface area contributed by atoms with Crippen LogP contribution >= 0.6 is 11.6 Å². The number of fused-ring (bicyclic) bond motifs is 2. The number of hydrogen-bond donors (Lipinski definition) is 0. The number of halogens is 1. The van der Waals surface area contributed by atoms with Crippen molar-refractivity contribution in [1.29, 1.82) is 0 Å². The SMILES string of the molecule is CCc1cc2c(cc1Cl)C=Cc1cccnc1C2C1CCN(C(=O)Cc2ccncc2)CC1. The molecule has 0 saturated carbocycles. The Hall–Kier alpha value is -2.98. The molecule has 2 aliphatic rings. The van der Waals surface area contributed by atoms with Crippen molar-refractivity contribution in [2.75, 3.05) is 13.1 Å². The quantitative estimate of drug-likeness (QED) is 0.498. The summed E-state index contributed by atoms with van der Waals surface area (Å²) in [5.74, 6) is 0.820. The van der Waals surface area contributed by atoms with Crippen LogP contribution in [0.5, 0.6) is 0 Å². The van der Waals surface area contributed by atoms with Crippen LogP contribution in [0.4, 0.5) is 0 Å². The molecule has 1 aliphatic carbocycles. The number of pyridine rings is 2. The molecule has 0 radical (unpaired) electrons. The first-order valence-corrected chi connectivity index (χ1v) is 12.1. The first-order chi connectivity index (χ1) is 16.1. The van der Waals surface area contributed by atoms with Gasteiger partial charge in [0.2, 0.25) is 5.91 Å². The highest BCUT2D eigenvalue weighted by molar-refractivity contribution is 6.31. The van der Waals surface area contributed by atoms with Crippen molar-refractivity contribution >= 4 is 29.7 Å². The third kappa shape index (κ3) is 4.45. The highest BCUT2D eigenvalue weighted by Crippen LogP contribution is 2.43. The second-order valence-corrected chi connectivity index (χ2v) is 9.37. The average molecular weight is 458 g/mol. The van der Waals surface area contributed by atoms with Crippen molar-refractivity contribution in [2.45, 2.75) is 38.5 Å². The summed E-state index contributed by atoms with van der Waals surface area (Å²) < 4.78 is 0. The van der Waals surface area contributed by atoms with E-state index in [0.29, 0.717) is 12.3 Å². The normalized spacial score (nSPS) is 17.9. The largest absolute Gasteiger partial charge is 0.342 e. The highest BCUT2D eigenvalue weighted by atomic mass is 35.5. The van der Waals surface area contributed by atoms with Gasteiger partial charge >= 0.3 is 0 Å². The van der Waals surface area contributed by atoms with E-state index in [2.05, 4.69) is 42.3 Å². The molecule has 168 valence electrons. The van der Waals surface area contributed by atoms with Gasteiger partial charge in [-0.25, -0.2) is 0 Å². The van der Waals surface area contributed by atoms with E-state index < -0.39 is 0 Å². The number of likely N-dealkylation sites (tertiary alicyclic amines) is 1. The van der Waals surface area contributed by atoms with E-state index in [4.69, 9.17) is 16.6 Å². The van der Waals surface area contributed by atoms with Crippen molar-refractivity contribution < 1.29 is 4.79 Å². The van der Waals surface area contributed by atoms with E-state index in [0.717, 1.165) is 48.6 Å². The van der Waals surface area contributed by atoms with Gasteiger partial charge in [-0.1, -0.05) is 42.8 Å². The van der Waals surface area contributed by atoms with E-state index in [1.807, 2.05) is 29.3 Å². The van der Waals surface area contributed by atoms with Crippen LogP contribution in [0.3, 0.4) is 0 Å². The Morgan fingerprint density at radius 1 is 1.06 bits per heavy atom. The Balaban J connectivity index is 1.41. The first kappa shape index (κ1) is 21.8. The maximum atomic E-state index is 12.9. The summed E-state index contributed by atoms with van der Waals surface area (Å²) in [6, 6.07) is 12.4. The summed E-state index contributed by atoms with van der Waals surface area (Å²) in [6.07, 6.45) is 13.0. The van der Waals surface area contributed by atoms with E-state index in [1.54, 1.807) is 12.4 Å². The molecule has 3 heterocycles. The van der Waals surface area contributed by atoms with E-state index >= 15 is 0 Å². The van der Waals surface area contributed by atoms with Gasteiger partial charge in [-0.05, 0) is 77.3 Å². The monoisotopic (exact) mass is 457 g/mol. The molecule has 0 N–H and O–H groups in total. The molecule has 1 aliphatic heterocycles. The van der Waals surface area contributed by atoms with Gasteiger partial charge in [0.25, 0.3) is 0 Å². The molecule has 1 atom stereocenters. The van der Waals surface area contributed by atoms with Crippen molar-refractivity contribution in [3.63, 3.8) is 0 Å². The number of nitrogens with zero attached hydrogens (tertiary/aromatic N) is 3. The molecular weight excluding hydrogens is 430 g/mol. The summed E-state index contributed by atoms with van der Waals surface area (Å²) in [5, 5.41) is 0.829. The first-order valence-electron chi connectivity index (χ1n) is 11.8. The number of benzene rings is 1. The summed E-state index contributed by atoms with van der Waals surface area (Å²) in [5.41, 5.74) is 6.99. The van der Waals surface area contributed by atoms with Gasteiger partial charge < -0.3 is 4.90 Å². The summed E-state index contributed by atoms with van der Waals surface area (Å²) in [4.78, 5) is 23.8. The van der Waals surface area contributed by atoms with Crippen LogP contribution in [0.2, 0.25) is 5.02 Å². The number of rotatable bonds is 4. The number of amides is 1. The third-order valence-corrected chi connectivity index (χ3v) is 7.40. The minimum atomic E-state index is 0.196. The zero-order valence-corrected chi connectivity index (χ0v) is 19.6.